The molecule has 0 saturated carbocycles. The van der Waals surface area contributed by atoms with Crippen LogP contribution in [0.5, 0.6) is 11.6 Å². The molecule has 0 radical (unpaired) electrons. The van der Waals surface area contributed by atoms with Crippen LogP contribution in [0.3, 0.4) is 0 Å². The van der Waals surface area contributed by atoms with Crippen LogP contribution in [0.2, 0.25) is 0 Å². The fourth-order valence-corrected chi connectivity index (χ4v) is 2.88. The van der Waals surface area contributed by atoms with Crippen molar-refractivity contribution in [2.45, 2.75) is 20.4 Å². The van der Waals surface area contributed by atoms with E-state index in [4.69, 9.17) is 4.74 Å². The quantitative estimate of drug-likeness (QED) is 0.531. The van der Waals surface area contributed by atoms with E-state index >= 15 is 0 Å². The van der Waals surface area contributed by atoms with Gasteiger partial charge in [-0.05, 0) is 38.1 Å². The molecule has 146 valence electrons. The Morgan fingerprint density at radius 2 is 2.00 bits per heavy atom. The highest BCUT2D eigenvalue weighted by molar-refractivity contribution is 5.40. The summed E-state index contributed by atoms with van der Waals surface area (Å²) < 4.78 is 20.9. The Bertz CT molecular complexity index is 1140. The van der Waals surface area contributed by atoms with Gasteiger partial charge in [0.15, 0.2) is 5.82 Å². The van der Waals surface area contributed by atoms with Crippen molar-refractivity contribution in [1.82, 2.24) is 24.7 Å². The molecule has 1 N–H and O–H groups in total. The molecule has 29 heavy (non-hydrogen) atoms. The van der Waals surface area contributed by atoms with Crippen molar-refractivity contribution in [3.63, 3.8) is 0 Å². The van der Waals surface area contributed by atoms with Crippen molar-refractivity contribution >= 4 is 5.82 Å². The standard InChI is InChI=1S/C21H19FN6O/c1-14-9-15(2)28(27-14)20-13-23-12-19(26-20)25-11-16-5-4-8-24-21(16)29-18-7-3-6-17(22)10-18/h3-10,12-13H,11H2,1-2H3,(H,25,26). The third-order valence-electron chi connectivity index (χ3n) is 4.17. The summed E-state index contributed by atoms with van der Waals surface area (Å²) in [7, 11) is 0. The zero-order chi connectivity index (χ0) is 20.2. The summed E-state index contributed by atoms with van der Waals surface area (Å²) in [6.45, 7) is 4.31. The second-order valence-corrected chi connectivity index (χ2v) is 6.48. The Morgan fingerprint density at radius 3 is 2.79 bits per heavy atom. The molecule has 4 rings (SSSR count). The Balaban J connectivity index is 1.51. The number of hydrogen-bond donors (Lipinski definition) is 1. The van der Waals surface area contributed by atoms with E-state index in [1.54, 1.807) is 35.4 Å². The number of nitrogens with zero attached hydrogens (tertiary/aromatic N) is 5. The zero-order valence-corrected chi connectivity index (χ0v) is 16.0. The van der Waals surface area contributed by atoms with Crippen LogP contribution >= 0.6 is 0 Å². The molecule has 0 spiro atoms. The fraction of sp³-hybridized carbons (Fsp3) is 0.143. The SMILES string of the molecule is Cc1cc(C)n(-c2cncc(NCc3cccnc3Oc3cccc(F)c3)n2)n1. The van der Waals surface area contributed by atoms with Gasteiger partial charge in [-0.1, -0.05) is 12.1 Å². The van der Waals surface area contributed by atoms with E-state index in [0.717, 1.165) is 17.0 Å². The van der Waals surface area contributed by atoms with Crippen LogP contribution in [0.25, 0.3) is 5.82 Å². The molecule has 1 aromatic carbocycles. The fourth-order valence-electron chi connectivity index (χ4n) is 2.88. The number of rotatable bonds is 6. The van der Waals surface area contributed by atoms with Gasteiger partial charge in [-0.3, -0.25) is 4.98 Å². The zero-order valence-electron chi connectivity index (χ0n) is 16.0. The lowest BCUT2D eigenvalue weighted by Crippen LogP contribution is -2.08. The van der Waals surface area contributed by atoms with Gasteiger partial charge in [0.1, 0.15) is 17.4 Å². The third-order valence-corrected chi connectivity index (χ3v) is 4.17. The van der Waals surface area contributed by atoms with E-state index in [1.165, 1.54) is 12.1 Å². The molecule has 4 aromatic rings. The Kier molecular flexibility index (Phi) is 5.15. The van der Waals surface area contributed by atoms with E-state index in [-0.39, 0.29) is 5.82 Å². The Morgan fingerprint density at radius 1 is 1.10 bits per heavy atom. The number of halogens is 1. The smallest absolute Gasteiger partial charge is 0.224 e. The average Bonchev–Trinajstić information content (AvgIpc) is 3.06. The van der Waals surface area contributed by atoms with Crippen LogP contribution in [0.4, 0.5) is 10.2 Å². The molecule has 0 atom stereocenters. The Hall–Kier alpha value is -3.81. The molecule has 3 aromatic heterocycles. The van der Waals surface area contributed by atoms with E-state index < -0.39 is 0 Å². The van der Waals surface area contributed by atoms with Crippen molar-refractivity contribution < 1.29 is 9.13 Å². The summed E-state index contributed by atoms with van der Waals surface area (Å²) in [4.78, 5) is 13.1. The topological polar surface area (TPSA) is 77.8 Å². The molecule has 0 saturated heterocycles. The van der Waals surface area contributed by atoms with Crippen LogP contribution in [0.15, 0.2) is 61.1 Å². The third kappa shape index (κ3) is 4.37. The van der Waals surface area contributed by atoms with E-state index in [1.807, 2.05) is 32.0 Å². The van der Waals surface area contributed by atoms with E-state index in [9.17, 15) is 4.39 Å². The first-order valence-electron chi connectivity index (χ1n) is 9.05. The molecule has 0 aliphatic rings. The highest BCUT2D eigenvalue weighted by Gasteiger charge is 2.09. The van der Waals surface area contributed by atoms with Crippen LogP contribution in [-0.2, 0) is 6.54 Å². The molecule has 8 heteroatoms. The van der Waals surface area contributed by atoms with Crippen molar-refractivity contribution in [3.8, 4) is 17.4 Å². The van der Waals surface area contributed by atoms with Gasteiger partial charge in [-0.25, -0.2) is 19.0 Å². The van der Waals surface area contributed by atoms with Gasteiger partial charge >= 0.3 is 0 Å². The minimum atomic E-state index is -0.366. The maximum atomic E-state index is 13.4. The number of hydrogen-bond acceptors (Lipinski definition) is 6. The monoisotopic (exact) mass is 390 g/mol. The minimum Gasteiger partial charge on any atom is -0.439 e. The largest absolute Gasteiger partial charge is 0.439 e. The molecular weight excluding hydrogens is 371 g/mol. The molecule has 0 aliphatic heterocycles. The molecule has 0 fully saturated rings. The van der Waals surface area contributed by atoms with Crippen LogP contribution in [-0.4, -0.2) is 24.7 Å². The van der Waals surface area contributed by atoms with Crippen molar-refractivity contribution in [2.75, 3.05) is 5.32 Å². The molecule has 0 unspecified atom stereocenters. The van der Waals surface area contributed by atoms with Gasteiger partial charge in [0, 0.05) is 30.1 Å². The summed E-state index contributed by atoms with van der Waals surface area (Å²) in [5.74, 6) is 1.64. The molecular formula is C21H19FN6O. The molecule has 0 amide bonds. The first-order valence-corrected chi connectivity index (χ1v) is 9.05. The summed E-state index contributed by atoms with van der Waals surface area (Å²) in [5.41, 5.74) is 2.69. The van der Waals surface area contributed by atoms with Gasteiger partial charge in [-0.2, -0.15) is 5.10 Å². The molecule has 0 aliphatic carbocycles. The summed E-state index contributed by atoms with van der Waals surface area (Å²) in [6, 6.07) is 11.6. The first-order chi connectivity index (χ1) is 14.1. The van der Waals surface area contributed by atoms with E-state index in [2.05, 4.69) is 25.4 Å². The van der Waals surface area contributed by atoms with Gasteiger partial charge in [-0.15, -0.1) is 0 Å². The molecule has 0 bridgehead atoms. The number of ether oxygens (including phenoxy) is 1. The number of nitrogens with one attached hydrogen (secondary N) is 1. The highest BCUT2D eigenvalue weighted by atomic mass is 19.1. The lowest BCUT2D eigenvalue weighted by molar-refractivity contribution is 0.452. The number of benzene rings is 1. The highest BCUT2D eigenvalue weighted by Crippen LogP contribution is 2.24. The average molecular weight is 390 g/mol. The van der Waals surface area contributed by atoms with Crippen molar-refractivity contribution in [3.05, 3.63) is 83.8 Å². The van der Waals surface area contributed by atoms with Crippen LogP contribution in [0, 0.1) is 19.7 Å². The number of aryl methyl sites for hydroxylation is 2. The van der Waals surface area contributed by atoms with Gasteiger partial charge in [0.05, 0.1) is 18.1 Å². The predicted molar refractivity (Wildman–Crippen MR) is 107 cm³/mol. The second-order valence-electron chi connectivity index (χ2n) is 6.48. The number of pyridine rings is 1. The van der Waals surface area contributed by atoms with Crippen LogP contribution < -0.4 is 10.1 Å². The summed E-state index contributed by atoms with van der Waals surface area (Å²) in [6.07, 6.45) is 4.92. The van der Waals surface area contributed by atoms with Crippen molar-refractivity contribution in [2.24, 2.45) is 0 Å². The molecule has 3 heterocycles. The number of anilines is 1. The van der Waals surface area contributed by atoms with Crippen LogP contribution in [0.1, 0.15) is 17.0 Å². The van der Waals surface area contributed by atoms with Crippen molar-refractivity contribution in [1.29, 1.82) is 0 Å². The maximum absolute atomic E-state index is 13.4. The maximum Gasteiger partial charge on any atom is 0.224 e. The Labute approximate surface area is 167 Å². The first kappa shape index (κ1) is 18.5. The summed E-state index contributed by atoms with van der Waals surface area (Å²) >= 11 is 0. The predicted octanol–water partition coefficient (Wildman–Crippen LogP) is 4.22. The van der Waals surface area contributed by atoms with Gasteiger partial charge in [0.25, 0.3) is 0 Å². The van der Waals surface area contributed by atoms with Gasteiger partial charge < -0.3 is 10.1 Å². The molecule has 7 nitrogen and oxygen atoms in total. The minimum absolute atomic E-state index is 0.366. The normalized spacial score (nSPS) is 10.7. The van der Waals surface area contributed by atoms with Gasteiger partial charge in [0.2, 0.25) is 5.88 Å². The number of aromatic nitrogens is 5. The second kappa shape index (κ2) is 8.05. The summed E-state index contributed by atoms with van der Waals surface area (Å²) in [5, 5.41) is 7.66. The lowest BCUT2D eigenvalue weighted by Gasteiger charge is -2.11. The lowest BCUT2D eigenvalue weighted by atomic mass is 10.2. The van der Waals surface area contributed by atoms with E-state index in [0.29, 0.717) is 29.8 Å².